The van der Waals surface area contributed by atoms with Gasteiger partial charge in [0.1, 0.15) is 6.04 Å². The van der Waals surface area contributed by atoms with E-state index in [1.54, 1.807) is 54.3 Å². The van der Waals surface area contributed by atoms with Crippen molar-refractivity contribution in [3.05, 3.63) is 42.7 Å². The molecule has 26 heavy (non-hydrogen) atoms. The van der Waals surface area contributed by atoms with Crippen LogP contribution in [0.3, 0.4) is 0 Å². The molecule has 1 aliphatic carbocycles. The van der Waals surface area contributed by atoms with Crippen LogP contribution in [0.15, 0.2) is 42.7 Å². The Balaban J connectivity index is 1.64. The van der Waals surface area contributed by atoms with E-state index in [1.807, 2.05) is 0 Å². The smallest absolute Gasteiger partial charge is 0.248 e. The van der Waals surface area contributed by atoms with E-state index in [0.29, 0.717) is 24.2 Å². The lowest BCUT2D eigenvalue weighted by atomic mass is 9.82. The summed E-state index contributed by atoms with van der Waals surface area (Å²) in [5.41, 5.74) is 6.71. The third-order valence-electron chi connectivity index (χ3n) is 4.89. The highest BCUT2D eigenvalue weighted by atomic mass is 16.2. The van der Waals surface area contributed by atoms with Crippen molar-refractivity contribution in [2.75, 3.05) is 10.6 Å². The van der Waals surface area contributed by atoms with Gasteiger partial charge >= 0.3 is 0 Å². The topological polar surface area (TPSA) is 102 Å². The lowest BCUT2D eigenvalue weighted by Crippen LogP contribution is -2.52. The molecule has 3 rings (SSSR count). The van der Waals surface area contributed by atoms with Gasteiger partial charge in [-0.15, -0.1) is 0 Å². The molecule has 4 N–H and O–H groups in total. The van der Waals surface area contributed by atoms with Crippen LogP contribution in [-0.2, 0) is 9.59 Å². The number of amides is 2. The van der Waals surface area contributed by atoms with E-state index in [-0.39, 0.29) is 11.8 Å². The molecule has 1 unspecified atom stereocenters. The molecule has 0 spiro atoms. The number of carbonyl (C=O) groups excluding carboxylic acids is 2. The molecule has 1 saturated carbocycles. The number of rotatable bonds is 5. The van der Waals surface area contributed by atoms with Crippen molar-refractivity contribution in [2.45, 2.75) is 50.6 Å². The van der Waals surface area contributed by atoms with Gasteiger partial charge in [0.05, 0.1) is 5.54 Å². The number of benzene rings is 1. The zero-order chi connectivity index (χ0) is 18.6. The number of anilines is 2. The van der Waals surface area contributed by atoms with E-state index in [2.05, 4.69) is 15.7 Å². The minimum absolute atomic E-state index is 0.161. The van der Waals surface area contributed by atoms with E-state index >= 15 is 0 Å². The largest absolute Gasteiger partial charge is 0.324 e. The van der Waals surface area contributed by atoms with Gasteiger partial charge in [-0.05, 0) is 44.0 Å². The van der Waals surface area contributed by atoms with Crippen molar-refractivity contribution in [3.63, 3.8) is 0 Å². The molecule has 2 aromatic rings. The summed E-state index contributed by atoms with van der Waals surface area (Å²) in [6, 6.07) is 8.43. The second-order valence-corrected chi connectivity index (χ2v) is 6.90. The molecule has 0 radical (unpaired) electrons. The van der Waals surface area contributed by atoms with Gasteiger partial charge in [-0.3, -0.25) is 14.3 Å². The molecule has 0 saturated heterocycles. The summed E-state index contributed by atoms with van der Waals surface area (Å²) in [6.45, 7) is 1.77. The summed E-state index contributed by atoms with van der Waals surface area (Å²) in [6.07, 6.45) is 7.87. The normalized spacial score (nSPS) is 17.3. The van der Waals surface area contributed by atoms with E-state index in [4.69, 9.17) is 5.73 Å². The first-order valence-corrected chi connectivity index (χ1v) is 8.98. The van der Waals surface area contributed by atoms with Crippen LogP contribution in [0.1, 0.15) is 45.1 Å². The van der Waals surface area contributed by atoms with E-state index < -0.39 is 11.6 Å². The predicted octanol–water partition coefficient (Wildman–Crippen LogP) is 2.68. The van der Waals surface area contributed by atoms with Gasteiger partial charge in [-0.2, -0.15) is 5.10 Å². The first kappa shape index (κ1) is 18.1. The van der Waals surface area contributed by atoms with E-state index in [9.17, 15) is 9.59 Å². The first-order valence-electron chi connectivity index (χ1n) is 8.98. The molecule has 1 aliphatic rings. The molecule has 138 valence electrons. The van der Waals surface area contributed by atoms with Crippen molar-refractivity contribution in [1.29, 1.82) is 0 Å². The summed E-state index contributed by atoms with van der Waals surface area (Å²) < 4.78 is 1.59. The molecular formula is C19H25N5O2. The number of carbonyl (C=O) groups is 2. The highest BCUT2D eigenvalue weighted by Crippen LogP contribution is 2.27. The molecule has 1 aromatic heterocycles. The maximum absolute atomic E-state index is 12.6. The van der Waals surface area contributed by atoms with Crippen LogP contribution in [0, 0.1) is 0 Å². The Kier molecular flexibility index (Phi) is 5.37. The predicted molar refractivity (Wildman–Crippen MR) is 101 cm³/mol. The third kappa shape index (κ3) is 4.11. The van der Waals surface area contributed by atoms with Crippen molar-refractivity contribution in [1.82, 2.24) is 9.78 Å². The van der Waals surface area contributed by atoms with Crippen molar-refractivity contribution >= 4 is 23.2 Å². The molecule has 1 fully saturated rings. The quantitative estimate of drug-likeness (QED) is 0.767. The average Bonchev–Trinajstić information content (AvgIpc) is 3.16. The molecule has 1 aromatic carbocycles. The number of nitrogens with zero attached hydrogens (tertiary/aromatic N) is 2. The molecule has 0 aliphatic heterocycles. The maximum atomic E-state index is 12.6. The highest BCUT2D eigenvalue weighted by molar-refractivity contribution is 5.99. The summed E-state index contributed by atoms with van der Waals surface area (Å²) in [5.74, 6) is -0.342. The van der Waals surface area contributed by atoms with Gasteiger partial charge < -0.3 is 16.4 Å². The Labute approximate surface area is 153 Å². The van der Waals surface area contributed by atoms with Crippen LogP contribution >= 0.6 is 0 Å². The van der Waals surface area contributed by atoms with Crippen LogP contribution in [0.2, 0.25) is 0 Å². The minimum Gasteiger partial charge on any atom is -0.324 e. The first-order chi connectivity index (χ1) is 12.5. The van der Waals surface area contributed by atoms with Gasteiger partial charge in [-0.25, -0.2) is 0 Å². The van der Waals surface area contributed by atoms with Gasteiger partial charge in [0, 0.05) is 23.8 Å². The van der Waals surface area contributed by atoms with Crippen LogP contribution in [0.25, 0.3) is 0 Å². The molecular weight excluding hydrogens is 330 g/mol. The van der Waals surface area contributed by atoms with Crippen LogP contribution in [0.5, 0.6) is 0 Å². The Morgan fingerprint density at radius 3 is 2.50 bits per heavy atom. The second kappa shape index (κ2) is 7.70. The fourth-order valence-corrected chi connectivity index (χ4v) is 3.22. The maximum Gasteiger partial charge on any atom is 0.248 e. The van der Waals surface area contributed by atoms with Crippen LogP contribution in [0.4, 0.5) is 11.4 Å². The molecule has 1 atom stereocenters. The highest BCUT2D eigenvalue weighted by Gasteiger charge is 2.35. The Bertz CT molecular complexity index is 766. The lowest BCUT2D eigenvalue weighted by Gasteiger charge is -2.31. The zero-order valence-corrected chi connectivity index (χ0v) is 14.9. The molecule has 1 heterocycles. The number of aromatic nitrogens is 2. The number of hydrogen-bond donors (Lipinski definition) is 3. The Morgan fingerprint density at radius 2 is 1.85 bits per heavy atom. The zero-order valence-electron chi connectivity index (χ0n) is 14.9. The number of nitrogens with one attached hydrogen (secondary N) is 2. The second-order valence-electron chi connectivity index (χ2n) is 6.90. The van der Waals surface area contributed by atoms with E-state index in [1.165, 1.54) is 0 Å². The fourth-order valence-electron chi connectivity index (χ4n) is 3.22. The number of nitrogens with two attached hydrogens (primary N) is 1. The van der Waals surface area contributed by atoms with Crippen LogP contribution in [-0.4, -0.2) is 27.1 Å². The standard InChI is InChI=1S/C19H25N5O2/c1-14(24-12-6-11-21-24)17(25)22-15-7-5-8-16(13-15)23-18(26)19(20)9-3-2-4-10-19/h5-8,11-14H,2-4,9-10,20H2,1H3,(H,22,25)(H,23,26). The summed E-state index contributed by atoms with van der Waals surface area (Å²) in [7, 11) is 0. The van der Waals surface area contributed by atoms with Gasteiger partial charge in [0.25, 0.3) is 0 Å². The van der Waals surface area contributed by atoms with Crippen molar-refractivity contribution < 1.29 is 9.59 Å². The monoisotopic (exact) mass is 355 g/mol. The van der Waals surface area contributed by atoms with Gasteiger partial charge in [-0.1, -0.05) is 25.3 Å². The minimum atomic E-state index is -0.799. The molecule has 7 nitrogen and oxygen atoms in total. The lowest BCUT2D eigenvalue weighted by molar-refractivity contribution is -0.122. The summed E-state index contributed by atoms with van der Waals surface area (Å²) in [4.78, 5) is 24.9. The SMILES string of the molecule is CC(C(=O)Nc1cccc(NC(=O)C2(N)CCCCC2)c1)n1cccn1. The fraction of sp³-hybridized carbons (Fsp3) is 0.421. The van der Waals surface area contributed by atoms with Crippen molar-refractivity contribution in [3.8, 4) is 0 Å². The number of hydrogen-bond acceptors (Lipinski definition) is 4. The third-order valence-corrected chi connectivity index (χ3v) is 4.89. The molecule has 0 bridgehead atoms. The van der Waals surface area contributed by atoms with Gasteiger partial charge in [0.2, 0.25) is 11.8 Å². The summed E-state index contributed by atoms with van der Waals surface area (Å²) in [5, 5.41) is 9.82. The van der Waals surface area contributed by atoms with E-state index in [0.717, 1.165) is 19.3 Å². The Hall–Kier alpha value is -2.67. The van der Waals surface area contributed by atoms with Gasteiger partial charge in [0.15, 0.2) is 0 Å². The molecule has 2 amide bonds. The average molecular weight is 355 g/mol. The van der Waals surface area contributed by atoms with Crippen molar-refractivity contribution in [2.24, 2.45) is 5.73 Å². The summed E-state index contributed by atoms with van der Waals surface area (Å²) >= 11 is 0. The Morgan fingerprint density at radius 1 is 1.15 bits per heavy atom. The van der Waals surface area contributed by atoms with Crippen LogP contribution < -0.4 is 16.4 Å². The molecule has 7 heteroatoms.